The Hall–Kier alpha value is -2.11. The van der Waals surface area contributed by atoms with E-state index in [-0.39, 0.29) is 0 Å². The summed E-state index contributed by atoms with van der Waals surface area (Å²) in [6, 6.07) is 10.9. The second-order valence-electron chi connectivity index (χ2n) is 4.50. The van der Waals surface area contributed by atoms with Crippen molar-refractivity contribution in [2.24, 2.45) is 0 Å². The van der Waals surface area contributed by atoms with Gasteiger partial charge in [-0.3, -0.25) is 0 Å². The van der Waals surface area contributed by atoms with Crippen LogP contribution in [0.25, 0.3) is 17.1 Å². The molecule has 2 aromatic carbocycles. The lowest BCUT2D eigenvalue weighted by Crippen LogP contribution is -2.04. The Morgan fingerprint density at radius 1 is 1.05 bits per heavy atom. The summed E-state index contributed by atoms with van der Waals surface area (Å²) in [5.41, 5.74) is 8.81. The van der Waals surface area contributed by atoms with E-state index in [9.17, 15) is 0 Å². The molecule has 0 saturated carbocycles. The molecule has 0 amide bonds. The predicted octanol–water partition coefficient (Wildman–Crippen LogP) is 3.53. The maximum Gasteiger partial charge on any atom is 0.189 e. The highest BCUT2D eigenvalue weighted by Gasteiger charge is 2.16. The van der Waals surface area contributed by atoms with Gasteiger partial charge in [0.25, 0.3) is 0 Å². The lowest BCUT2D eigenvalue weighted by molar-refractivity contribution is 0.787. The van der Waals surface area contributed by atoms with E-state index in [1.165, 1.54) is 0 Å². The number of aromatic nitrogens is 4. The fourth-order valence-electron chi connectivity index (χ4n) is 2.07. The van der Waals surface area contributed by atoms with Gasteiger partial charge in [0.15, 0.2) is 5.82 Å². The lowest BCUT2D eigenvalue weighted by Gasteiger charge is -2.10. The maximum atomic E-state index is 6.16. The van der Waals surface area contributed by atoms with Gasteiger partial charge >= 0.3 is 0 Å². The number of halogens is 2. The van der Waals surface area contributed by atoms with Crippen molar-refractivity contribution < 1.29 is 0 Å². The van der Waals surface area contributed by atoms with E-state index >= 15 is 0 Å². The Balaban J connectivity index is 2.22. The fourth-order valence-corrected chi connectivity index (χ4v) is 2.42. The van der Waals surface area contributed by atoms with Crippen molar-refractivity contribution in [3.8, 4) is 17.1 Å². The molecule has 0 bridgehead atoms. The van der Waals surface area contributed by atoms with Crippen LogP contribution in [-0.4, -0.2) is 20.2 Å². The monoisotopic (exact) mass is 319 g/mol. The zero-order chi connectivity index (χ0) is 15.0. The molecule has 0 fully saturated rings. The van der Waals surface area contributed by atoms with Crippen LogP contribution < -0.4 is 5.73 Å². The molecule has 0 aliphatic rings. The number of tetrazole rings is 1. The molecule has 0 aliphatic heterocycles. The lowest BCUT2D eigenvalue weighted by atomic mass is 10.1. The van der Waals surface area contributed by atoms with Gasteiger partial charge in [-0.15, -0.1) is 5.10 Å². The Labute approximate surface area is 131 Å². The summed E-state index contributed by atoms with van der Waals surface area (Å²) in [6.07, 6.45) is 0. The number of rotatable bonds is 2. The van der Waals surface area contributed by atoms with Gasteiger partial charge in [0, 0.05) is 10.6 Å². The summed E-state index contributed by atoms with van der Waals surface area (Å²) >= 11 is 12.2. The third-order valence-electron chi connectivity index (χ3n) is 3.23. The van der Waals surface area contributed by atoms with E-state index in [4.69, 9.17) is 28.9 Å². The van der Waals surface area contributed by atoms with E-state index in [2.05, 4.69) is 15.5 Å². The number of nitrogens with zero attached hydrogens (tertiary/aromatic N) is 4. The SMILES string of the molecule is Cc1c(Cl)cccc1-n1nnnc1-c1cccc(Cl)c1N. The van der Waals surface area contributed by atoms with Gasteiger partial charge in [-0.05, 0) is 47.2 Å². The smallest absolute Gasteiger partial charge is 0.189 e. The normalized spacial score (nSPS) is 10.8. The number of nitrogens with two attached hydrogens (primary N) is 1. The van der Waals surface area contributed by atoms with E-state index < -0.39 is 0 Å². The van der Waals surface area contributed by atoms with Crippen LogP contribution in [0.5, 0.6) is 0 Å². The minimum absolute atomic E-state index is 0.440. The van der Waals surface area contributed by atoms with Gasteiger partial charge in [0.1, 0.15) is 0 Å². The standard InChI is InChI=1S/C14H11Cl2N5/c1-8-10(15)5-3-7-12(8)21-14(18-19-20-21)9-4-2-6-11(16)13(9)17/h2-7H,17H2,1H3. The quantitative estimate of drug-likeness (QED) is 0.733. The molecular formula is C14H11Cl2N5. The first-order chi connectivity index (χ1) is 10.1. The van der Waals surface area contributed by atoms with Crippen LogP contribution in [-0.2, 0) is 0 Å². The molecule has 0 aliphatic carbocycles. The average molecular weight is 320 g/mol. The Kier molecular flexibility index (Phi) is 3.53. The molecular weight excluding hydrogens is 309 g/mol. The highest BCUT2D eigenvalue weighted by atomic mass is 35.5. The van der Waals surface area contributed by atoms with Gasteiger partial charge in [-0.2, -0.15) is 4.68 Å². The second kappa shape index (κ2) is 5.35. The van der Waals surface area contributed by atoms with Crippen LogP contribution in [0.4, 0.5) is 5.69 Å². The van der Waals surface area contributed by atoms with Crippen molar-refractivity contribution in [1.29, 1.82) is 0 Å². The summed E-state index contributed by atoms with van der Waals surface area (Å²) < 4.78 is 1.60. The van der Waals surface area contributed by atoms with E-state index in [0.717, 1.165) is 11.3 Å². The molecule has 0 spiro atoms. The van der Waals surface area contributed by atoms with E-state index in [1.54, 1.807) is 16.8 Å². The number of hydrogen-bond donors (Lipinski definition) is 1. The molecule has 1 heterocycles. The number of hydrogen-bond acceptors (Lipinski definition) is 4. The number of anilines is 1. The summed E-state index contributed by atoms with van der Waals surface area (Å²) in [5, 5.41) is 12.9. The fraction of sp³-hybridized carbons (Fsp3) is 0.0714. The van der Waals surface area contributed by atoms with Crippen LogP contribution in [0.2, 0.25) is 10.0 Å². The van der Waals surface area contributed by atoms with Crippen LogP contribution in [0.1, 0.15) is 5.56 Å². The number of nitrogen functional groups attached to an aromatic ring is 1. The molecule has 0 atom stereocenters. The molecule has 0 unspecified atom stereocenters. The van der Waals surface area contributed by atoms with Crippen molar-refractivity contribution in [3.05, 3.63) is 52.0 Å². The molecule has 3 aromatic rings. The molecule has 0 radical (unpaired) electrons. The van der Waals surface area contributed by atoms with Gasteiger partial charge in [0.05, 0.1) is 16.4 Å². The van der Waals surface area contributed by atoms with Gasteiger partial charge < -0.3 is 5.73 Å². The van der Waals surface area contributed by atoms with Crippen molar-refractivity contribution >= 4 is 28.9 Å². The van der Waals surface area contributed by atoms with Gasteiger partial charge in [-0.1, -0.05) is 35.3 Å². The summed E-state index contributed by atoms with van der Waals surface area (Å²) in [7, 11) is 0. The van der Waals surface area contributed by atoms with Crippen LogP contribution in [0.3, 0.4) is 0 Å². The Bertz CT molecular complexity index is 747. The zero-order valence-electron chi connectivity index (χ0n) is 11.1. The van der Waals surface area contributed by atoms with Crippen molar-refractivity contribution in [2.45, 2.75) is 6.92 Å². The minimum atomic E-state index is 0.440. The number of para-hydroxylation sites is 1. The molecule has 2 N–H and O–H groups in total. The Morgan fingerprint density at radius 2 is 1.76 bits per heavy atom. The molecule has 5 nitrogen and oxygen atoms in total. The summed E-state index contributed by atoms with van der Waals surface area (Å²) in [6.45, 7) is 1.91. The van der Waals surface area contributed by atoms with Gasteiger partial charge in [-0.25, -0.2) is 0 Å². The van der Waals surface area contributed by atoms with Crippen LogP contribution in [0.15, 0.2) is 36.4 Å². The van der Waals surface area contributed by atoms with Crippen LogP contribution >= 0.6 is 23.2 Å². The first kappa shape index (κ1) is 13.9. The zero-order valence-corrected chi connectivity index (χ0v) is 12.6. The molecule has 0 saturated heterocycles. The third kappa shape index (κ3) is 2.34. The minimum Gasteiger partial charge on any atom is -0.397 e. The van der Waals surface area contributed by atoms with E-state index in [1.807, 2.05) is 31.2 Å². The highest BCUT2D eigenvalue weighted by Crippen LogP contribution is 2.32. The predicted molar refractivity (Wildman–Crippen MR) is 83.8 cm³/mol. The van der Waals surface area contributed by atoms with Crippen molar-refractivity contribution in [2.75, 3.05) is 5.73 Å². The molecule has 3 rings (SSSR count). The van der Waals surface area contributed by atoms with Crippen molar-refractivity contribution in [3.63, 3.8) is 0 Å². The molecule has 106 valence electrons. The topological polar surface area (TPSA) is 69.6 Å². The highest BCUT2D eigenvalue weighted by molar-refractivity contribution is 6.33. The molecule has 21 heavy (non-hydrogen) atoms. The maximum absolute atomic E-state index is 6.16. The second-order valence-corrected chi connectivity index (χ2v) is 5.31. The Morgan fingerprint density at radius 3 is 2.57 bits per heavy atom. The first-order valence-corrected chi connectivity index (χ1v) is 6.93. The van der Waals surface area contributed by atoms with Crippen LogP contribution in [0, 0.1) is 6.92 Å². The molecule has 7 heteroatoms. The largest absolute Gasteiger partial charge is 0.397 e. The molecule has 1 aromatic heterocycles. The average Bonchev–Trinajstić information content (AvgIpc) is 2.94. The third-order valence-corrected chi connectivity index (χ3v) is 3.97. The number of benzene rings is 2. The first-order valence-electron chi connectivity index (χ1n) is 6.18. The van der Waals surface area contributed by atoms with Gasteiger partial charge in [0.2, 0.25) is 0 Å². The summed E-state index contributed by atoms with van der Waals surface area (Å²) in [4.78, 5) is 0. The van der Waals surface area contributed by atoms with Crippen molar-refractivity contribution in [1.82, 2.24) is 20.2 Å². The van der Waals surface area contributed by atoms with E-state index in [0.29, 0.717) is 27.1 Å². The summed E-state index contributed by atoms with van der Waals surface area (Å²) in [5.74, 6) is 0.514.